The summed E-state index contributed by atoms with van der Waals surface area (Å²) >= 11 is 1.82. The van der Waals surface area contributed by atoms with Gasteiger partial charge in [0.1, 0.15) is 0 Å². The predicted molar refractivity (Wildman–Crippen MR) is 85.0 cm³/mol. The summed E-state index contributed by atoms with van der Waals surface area (Å²) < 4.78 is 1.36. The van der Waals surface area contributed by atoms with E-state index in [0.29, 0.717) is 5.92 Å². The summed E-state index contributed by atoms with van der Waals surface area (Å²) in [6.07, 6.45) is 4.82. The maximum Gasteiger partial charge on any atom is 0.245 e. The number of rotatable bonds is 3. The highest BCUT2D eigenvalue weighted by Crippen LogP contribution is 2.30. The third-order valence-corrected chi connectivity index (χ3v) is 5.09. The van der Waals surface area contributed by atoms with Gasteiger partial charge in [-0.3, -0.25) is 4.79 Å². The average molecular weight is 285 g/mol. The SMILES string of the molecule is C=CC(=O)N1CCCC(Cc2csc3ccccc23)C1. The van der Waals surface area contributed by atoms with Crippen LogP contribution in [0.15, 0.2) is 42.3 Å². The summed E-state index contributed by atoms with van der Waals surface area (Å²) in [7, 11) is 0. The average Bonchev–Trinajstić information content (AvgIpc) is 2.90. The van der Waals surface area contributed by atoms with E-state index in [4.69, 9.17) is 0 Å². The van der Waals surface area contributed by atoms with Gasteiger partial charge in [-0.25, -0.2) is 0 Å². The number of fused-ring (bicyclic) bond motifs is 1. The van der Waals surface area contributed by atoms with E-state index < -0.39 is 0 Å². The van der Waals surface area contributed by atoms with Gasteiger partial charge >= 0.3 is 0 Å². The van der Waals surface area contributed by atoms with Crippen LogP contribution in [0, 0.1) is 5.92 Å². The molecule has 1 aliphatic heterocycles. The maximum absolute atomic E-state index is 11.7. The fraction of sp³-hybridized carbons (Fsp3) is 0.353. The number of benzene rings is 1. The lowest BCUT2D eigenvalue weighted by molar-refractivity contribution is -0.127. The first-order chi connectivity index (χ1) is 9.78. The molecular weight excluding hydrogens is 266 g/mol. The topological polar surface area (TPSA) is 20.3 Å². The number of hydrogen-bond donors (Lipinski definition) is 0. The number of carbonyl (C=O) groups excluding carboxylic acids is 1. The van der Waals surface area contributed by atoms with Crippen LogP contribution in [-0.4, -0.2) is 23.9 Å². The maximum atomic E-state index is 11.7. The molecule has 104 valence electrons. The molecule has 1 atom stereocenters. The highest BCUT2D eigenvalue weighted by atomic mass is 32.1. The second-order valence-electron chi connectivity index (χ2n) is 5.46. The quantitative estimate of drug-likeness (QED) is 0.784. The monoisotopic (exact) mass is 285 g/mol. The first kappa shape index (κ1) is 13.4. The molecule has 1 aromatic carbocycles. The number of thiophene rings is 1. The van der Waals surface area contributed by atoms with Crippen molar-refractivity contribution in [1.82, 2.24) is 4.90 Å². The molecule has 3 rings (SSSR count). The van der Waals surface area contributed by atoms with Crippen LogP contribution in [0.3, 0.4) is 0 Å². The van der Waals surface area contributed by atoms with Crippen LogP contribution in [0.1, 0.15) is 18.4 Å². The van der Waals surface area contributed by atoms with Crippen molar-refractivity contribution in [1.29, 1.82) is 0 Å². The molecule has 0 saturated carbocycles. The summed E-state index contributed by atoms with van der Waals surface area (Å²) in [4.78, 5) is 13.7. The van der Waals surface area contributed by atoms with E-state index in [-0.39, 0.29) is 5.91 Å². The zero-order chi connectivity index (χ0) is 13.9. The molecule has 2 heterocycles. The molecular formula is C17H19NOS. The van der Waals surface area contributed by atoms with Gasteiger partial charge in [-0.15, -0.1) is 11.3 Å². The molecule has 0 spiro atoms. The van der Waals surface area contributed by atoms with Crippen molar-refractivity contribution in [2.75, 3.05) is 13.1 Å². The molecule has 1 saturated heterocycles. The van der Waals surface area contributed by atoms with Crippen molar-refractivity contribution in [3.05, 3.63) is 47.9 Å². The van der Waals surface area contributed by atoms with Crippen LogP contribution in [-0.2, 0) is 11.2 Å². The molecule has 0 aliphatic carbocycles. The molecule has 1 amide bonds. The molecule has 0 radical (unpaired) electrons. The molecule has 20 heavy (non-hydrogen) atoms. The summed E-state index contributed by atoms with van der Waals surface area (Å²) in [6.45, 7) is 5.34. The molecule has 0 bridgehead atoms. The van der Waals surface area contributed by atoms with Gasteiger partial charge in [-0.2, -0.15) is 0 Å². The van der Waals surface area contributed by atoms with Crippen LogP contribution in [0.4, 0.5) is 0 Å². The Hall–Kier alpha value is -1.61. The van der Waals surface area contributed by atoms with Crippen LogP contribution >= 0.6 is 11.3 Å². The molecule has 3 heteroatoms. The van der Waals surface area contributed by atoms with Crippen LogP contribution in [0.5, 0.6) is 0 Å². The van der Waals surface area contributed by atoms with E-state index in [1.807, 2.05) is 16.2 Å². The molecule has 0 N–H and O–H groups in total. The number of nitrogens with zero attached hydrogens (tertiary/aromatic N) is 1. The van der Waals surface area contributed by atoms with Crippen molar-refractivity contribution < 1.29 is 4.79 Å². The Morgan fingerprint density at radius 2 is 2.30 bits per heavy atom. The van der Waals surface area contributed by atoms with Gasteiger partial charge in [-0.05, 0) is 53.7 Å². The fourth-order valence-electron chi connectivity index (χ4n) is 3.06. The van der Waals surface area contributed by atoms with E-state index in [0.717, 1.165) is 25.9 Å². The summed E-state index contributed by atoms with van der Waals surface area (Å²) in [5, 5.41) is 3.66. The molecule has 2 nitrogen and oxygen atoms in total. The van der Waals surface area contributed by atoms with E-state index in [2.05, 4.69) is 36.2 Å². The van der Waals surface area contributed by atoms with Crippen molar-refractivity contribution in [3.63, 3.8) is 0 Å². The summed E-state index contributed by atoms with van der Waals surface area (Å²) in [5.41, 5.74) is 1.43. The van der Waals surface area contributed by atoms with Crippen LogP contribution in [0.2, 0.25) is 0 Å². The highest BCUT2D eigenvalue weighted by molar-refractivity contribution is 7.17. The van der Waals surface area contributed by atoms with Gasteiger partial charge < -0.3 is 4.90 Å². The minimum absolute atomic E-state index is 0.0740. The Balaban J connectivity index is 1.74. The number of amides is 1. The highest BCUT2D eigenvalue weighted by Gasteiger charge is 2.23. The van der Waals surface area contributed by atoms with E-state index >= 15 is 0 Å². The van der Waals surface area contributed by atoms with Gasteiger partial charge in [-0.1, -0.05) is 24.8 Å². The van der Waals surface area contributed by atoms with Gasteiger partial charge in [0.05, 0.1) is 0 Å². The minimum atomic E-state index is 0.0740. The number of likely N-dealkylation sites (tertiary alicyclic amines) is 1. The second-order valence-corrected chi connectivity index (χ2v) is 6.37. The number of hydrogen-bond acceptors (Lipinski definition) is 2. The van der Waals surface area contributed by atoms with Gasteiger partial charge in [0, 0.05) is 17.8 Å². The molecule has 1 aliphatic rings. The van der Waals surface area contributed by atoms with Crippen molar-refractivity contribution >= 4 is 27.3 Å². The summed E-state index contributed by atoms with van der Waals surface area (Å²) in [5.74, 6) is 0.649. The largest absolute Gasteiger partial charge is 0.339 e. The van der Waals surface area contributed by atoms with E-state index in [1.54, 1.807) is 0 Å². The lowest BCUT2D eigenvalue weighted by Crippen LogP contribution is -2.39. The van der Waals surface area contributed by atoms with Gasteiger partial charge in [0.15, 0.2) is 0 Å². The predicted octanol–water partition coefficient (Wildman–Crippen LogP) is 3.87. The van der Waals surface area contributed by atoms with Crippen LogP contribution in [0.25, 0.3) is 10.1 Å². The second kappa shape index (κ2) is 5.80. The molecule has 1 fully saturated rings. The number of carbonyl (C=O) groups is 1. The standard InChI is InChI=1S/C17H19NOS/c1-2-17(19)18-9-5-6-13(11-18)10-14-12-20-16-8-4-3-7-15(14)16/h2-4,7-8,12-13H,1,5-6,9-11H2. The Bertz CT molecular complexity index is 631. The Morgan fingerprint density at radius 1 is 1.45 bits per heavy atom. The smallest absolute Gasteiger partial charge is 0.245 e. The van der Waals surface area contributed by atoms with Gasteiger partial charge in [0.2, 0.25) is 5.91 Å². The zero-order valence-electron chi connectivity index (χ0n) is 11.5. The molecule has 1 aromatic heterocycles. The minimum Gasteiger partial charge on any atom is -0.339 e. The Morgan fingerprint density at radius 3 is 3.15 bits per heavy atom. The molecule has 1 unspecified atom stereocenters. The third kappa shape index (κ3) is 2.63. The van der Waals surface area contributed by atoms with E-state index in [1.165, 1.54) is 28.1 Å². The lowest BCUT2D eigenvalue weighted by Gasteiger charge is -2.32. The first-order valence-corrected chi connectivity index (χ1v) is 8.02. The first-order valence-electron chi connectivity index (χ1n) is 7.14. The Kier molecular flexibility index (Phi) is 3.88. The van der Waals surface area contributed by atoms with Crippen molar-refractivity contribution in [3.8, 4) is 0 Å². The van der Waals surface area contributed by atoms with Crippen molar-refractivity contribution in [2.24, 2.45) is 5.92 Å². The molecule has 2 aromatic rings. The van der Waals surface area contributed by atoms with Gasteiger partial charge in [0.25, 0.3) is 0 Å². The Labute approximate surface area is 123 Å². The van der Waals surface area contributed by atoms with Crippen LogP contribution < -0.4 is 0 Å². The van der Waals surface area contributed by atoms with Crippen molar-refractivity contribution in [2.45, 2.75) is 19.3 Å². The zero-order valence-corrected chi connectivity index (χ0v) is 12.4. The fourth-order valence-corrected chi connectivity index (χ4v) is 4.04. The van der Waals surface area contributed by atoms with E-state index in [9.17, 15) is 4.79 Å². The lowest BCUT2D eigenvalue weighted by atomic mass is 9.91. The number of piperidine rings is 1. The third-order valence-electron chi connectivity index (χ3n) is 4.08. The normalized spacial score (nSPS) is 19.2. The summed E-state index contributed by atoms with van der Waals surface area (Å²) in [6, 6.07) is 8.58.